The molecule has 0 aliphatic carbocycles. The van der Waals surface area contributed by atoms with Gasteiger partial charge in [0.05, 0.1) is 12.6 Å². The van der Waals surface area contributed by atoms with Gasteiger partial charge in [0.2, 0.25) is 6.10 Å². The number of nitrogens with one attached hydrogen (secondary N) is 1. The summed E-state index contributed by atoms with van der Waals surface area (Å²) < 4.78 is 11.9. The van der Waals surface area contributed by atoms with Crippen LogP contribution in [0, 0.1) is 0 Å². The van der Waals surface area contributed by atoms with Gasteiger partial charge in [0.15, 0.2) is 0 Å². The van der Waals surface area contributed by atoms with Gasteiger partial charge in [0, 0.05) is 6.54 Å². The standard InChI is InChI=1S/C22H24N4O4/c1-16(2)29-21(27)20(13-26-15-23-14-25-26)30-22(28)24-12-17-8-10-19(11-9-17)18-6-4-3-5-7-18/h3-11,14-16,20H,12-13H2,1-2H3,(H,24,28). The lowest BCUT2D eigenvalue weighted by Gasteiger charge is -2.18. The molecule has 0 saturated carbocycles. The fourth-order valence-electron chi connectivity index (χ4n) is 2.76. The van der Waals surface area contributed by atoms with Crippen molar-refractivity contribution in [2.75, 3.05) is 0 Å². The van der Waals surface area contributed by atoms with Crippen LogP contribution < -0.4 is 5.32 Å². The summed E-state index contributed by atoms with van der Waals surface area (Å²) in [6, 6.07) is 17.9. The van der Waals surface area contributed by atoms with Crippen LogP contribution in [0.1, 0.15) is 19.4 Å². The molecule has 0 spiro atoms. The summed E-state index contributed by atoms with van der Waals surface area (Å²) in [4.78, 5) is 28.3. The molecule has 3 rings (SSSR count). The van der Waals surface area contributed by atoms with Crippen LogP contribution in [0.5, 0.6) is 0 Å². The maximum absolute atomic E-state index is 12.3. The molecule has 30 heavy (non-hydrogen) atoms. The Morgan fingerprint density at radius 3 is 2.33 bits per heavy atom. The fourth-order valence-corrected chi connectivity index (χ4v) is 2.76. The molecule has 0 fully saturated rings. The van der Waals surface area contributed by atoms with Gasteiger partial charge in [-0.15, -0.1) is 0 Å². The summed E-state index contributed by atoms with van der Waals surface area (Å²) in [5, 5.41) is 6.60. The van der Waals surface area contributed by atoms with Crippen LogP contribution in [-0.4, -0.2) is 39.0 Å². The molecule has 1 aromatic heterocycles. The van der Waals surface area contributed by atoms with Gasteiger partial charge in [0.25, 0.3) is 0 Å². The number of alkyl carbamates (subject to hydrolysis) is 1. The van der Waals surface area contributed by atoms with E-state index in [0.717, 1.165) is 16.7 Å². The maximum Gasteiger partial charge on any atom is 0.408 e. The number of nitrogens with zero attached hydrogens (tertiary/aromatic N) is 3. The Morgan fingerprint density at radius 1 is 1.00 bits per heavy atom. The van der Waals surface area contributed by atoms with E-state index < -0.39 is 18.2 Å². The lowest BCUT2D eigenvalue weighted by Crippen LogP contribution is -2.38. The Labute approximate surface area is 174 Å². The number of amides is 1. The summed E-state index contributed by atoms with van der Waals surface area (Å²) in [5.74, 6) is -0.636. The van der Waals surface area contributed by atoms with Gasteiger partial charge in [-0.1, -0.05) is 54.6 Å². The van der Waals surface area contributed by atoms with Gasteiger partial charge in [-0.25, -0.2) is 19.3 Å². The molecule has 0 aliphatic heterocycles. The zero-order chi connectivity index (χ0) is 21.3. The quantitative estimate of drug-likeness (QED) is 0.575. The van der Waals surface area contributed by atoms with Gasteiger partial charge in [-0.2, -0.15) is 5.10 Å². The molecule has 0 aliphatic rings. The number of hydrogen-bond donors (Lipinski definition) is 1. The van der Waals surface area contributed by atoms with Crippen LogP contribution in [0.3, 0.4) is 0 Å². The Bertz CT molecular complexity index is 941. The Kier molecular flexibility index (Phi) is 7.15. The van der Waals surface area contributed by atoms with Crippen molar-refractivity contribution in [3.05, 3.63) is 72.8 Å². The highest BCUT2D eigenvalue weighted by Gasteiger charge is 2.26. The van der Waals surface area contributed by atoms with Crippen molar-refractivity contribution in [2.45, 2.75) is 39.1 Å². The van der Waals surface area contributed by atoms with Crippen molar-refractivity contribution < 1.29 is 19.1 Å². The van der Waals surface area contributed by atoms with Crippen LogP contribution in [0.15, 0.2) is 67.3 Å². The molecule has 1 atom stereocenters. The monoisotopic (exact) mass is 408 g/mol. The molecule has 1 amide bonds. The average molecular weight is 408 g/mol. The van der Waals surface area contributed by atoms with Gasteiger partial charge in [-0.3, -0.25) is 0 Å². The zero-order valence-electron chi connectivity index (χ0n) is 16.9. The largest absolute Gasteiger partial charge is 0.460 e. The van der Waals surface area contributed by atoms with Crippen LogP contribution in [-0.2, 0) is 27.4 Å². The Balaban J connectivity index is 1.56. The molecule has 1 N–H and O–H groups in total. The number of hydrogen-bond acceptors (Lipinski definition) is 6. The predicted octanol–water partition coefficient (Wildman–Crippen LogP) is 3.19. The summed E-state index contributed by atoms with van der Waals surface area (Å²) in [7, 11) is 0. The van der Waals surface area contributed by atoms with Gasteiger partial charge < -0.3 is 14.8 Å². The first-order valence-electron chi connectivity index (χ1n) is 9.63. The third-order valence-corrected chi connectivity index (χ3v) is 4.18. The first-order valence-corrected chi connectivity index (χ1v) is 9.63. The minimum Gasteiger partial charge on any atom is -0.460 e. The van der Waals surface area contributed by atoms with Crippen LogP contribution >= 0.6 is 0 Å². The van der Waals surface area contributed by atoms with E-state index in [1.54, 1.807) is 13.8 Å². The first kappa shape index (κ1) is 21.0. The third kappa shape index (κ3) is 6.16. The molecular weight excluding hydrogens is 384 g/mol. The van der Waals surface area contributed by atoms with E-state index in [4.69, 9.17) is 9.47 Å². The van der Waals surface area contributed by atoms with E-state index in [1.807, 2.05) is 54.6 Å². The SMILES string of the molecule is CC(C)OC(=O)C(Cn1cncn1)OC(=O)NCc1ccc(-c2ccccc2)cc1. The molecule has 0 bridgehead atoms. The van der Waals surface area contributed by atoms with E-state index in [0.29, 0.717) is 0 Å². The highest BCUT2D eigenvalue weighted by Crippen LogP contribution is 2.19. The smallest absolute Gasteiger partial charge is 0.408 e. The lowest BCUT2D eigenvalue weighted by molar-refractivity contribution is -0.158. The molecule has 2 aromatic carbocycles. The molecule has 1 unspecified atom stereocenters. The lowest BCUT2D eigenvalue weighted by atomic mass is 10.0. The summed E-state index contributed by atoms with van der Waals surface area (Å²) in [6.45, 7) is 3.74. The summed E-state index contributed by atoms with van der Waals surface area (Å²) in [6.07, 6.45) is 0.600. The number of aromatic nitrogens is 3. The minimum atomic E-state index is -1.13. The van der Waals surface area contributed by atoms with Crippen LogP contribution in [0.4, 0.5) is 4.79 Å². The van der Waals surface area contributed by atoms with Crippen molar-refractivity contribution in [3.8, 4) is 11.1 Å². The van der Waals surface area contributed by atoms with E-state index >= 15 is 0 Å². The van der Waals surface area contributed by atoms with E-state index in [2.05, 4.69) is 15.4 Å². The van der Waals surface area contributed by atoms with E-state index in [1.165, 1.54) is 17.3 Å². The number of ether oxygens (including phenoxy) is 2. The molecule has 8 nitrogen and oxygen atoms in total. The number of carbonyl (C=O) groups is 2. The van der Waals surface area contributed by atoms with Crippen molar-refractivity contribution in [1.29, 1.82) is 0 Å². The second-order valence-corrected chi connectivity index (χ2v) is 6.91. The highest BCUT2D eigenvalue weighted by molar-refractivity contribution is 5.78. The molecular formula is C22H24N4O4. The number of esters is 1. The van der Waals surface area contributed by atoms with E-state index in [9.17, 15) is 9.59 Å². The molecule has 8 heteroatoms. The van der Waals surface area contributed by atoms with Crippen molar-refractivity contribution >= 4 is 12.1 Å². The summed E-state index contributed by atoms with van der Waals surface area (Å²) in [5.41, 5.74) is 3.12. The van der Waals surface area contributed by atoms with Crippen molar-refractivity contribution in [2.24, 2.45) is 0 Å². The molecule has 0 radical (unpaired) electrons. The zero-order valence-corrected chi connectivity index (χ0v) is 16.9. The molecule has 1 heterocycles. The fraction of sp³-hybridized carbons (Fsp3) is 0.273. The molecule has 3 aromatic rings. The van der Waals surface area contributed by atoms with Crippen molar-refractivity contribution in [3.63, 3.8) is 0 Å². The predicted molar refractivity (Wildman–Crippen MR) is 110 cm³/mol. The Morgan fingerprint density at radius 2 is 1.70 bits per heavy atom. The number of carbonyl (C=O) groups excluding carboxylic acids is 2. The molecule has 156 valence electrons. The topological polar surface area (TPSA) is 95.3 Å². The van der Waals surface area contributed by atoms with Gasteiger partial charge >= 0.3 is 12.1 Å². The second-order valence-electron chi connectivity index (χ2n) is 6.91. The average Bonchev–Trinajstić information content (AvgIpc) is 3.25. The second kappa shape index (κ2) is 10.2. The maximum atomic E-state index is 12.3. The number of rotatable bonds is 8. The highest BCUT2D eigenvalue weighted by atomic mass is 16.6. The van der Waals surface area contributed by atoms with Crippen LogP contribution in [0.2, 0.25) is 0 Å². The van der Waals surface area contributed by atoms with Crippen LogP contribution in [0.25, 0.3) is 11.1 Å². The normalized spacial score (nSPS) is 11.7. The Hall–Kier alpha value is -3.68. The molecule has 0 saturated heterocycles. The van der Waals surface area contributed by atoms with Gasteiger partial charge in [-0.05, 0) is 30.5 Å². The summed E-state index contributed by atoms with van der Waals surface area (Å²) >= 11 is 0. The third-order valence-electron chi connectivity index (χ3n) is 4.18. The van der Waals surface area contributed by atoms with E-state index in [-0.39, 0.29) is 19.2 Å². The minimum absolute atomic E-state index is 0.0186. The first-order chi connectivity index (χ1) is 14.5. The van der Waals surface area contributed by atoms with Crippen molar-refractivity contribution in [1.82, 2.24) is 20.1 Å². The number of benzene rings is 2. The van der Waals surface area contributed by atoms with Gasteiger partial charge in [0.1, 0.15) is 12.7 Å².